The second-order valence-corrected chi connectivity index (χ2v) is 10.3. The summed E-state index contributed by atoms with van der Waals surface area (Å²) in [5, 5.41) is 11.7. The third kappa shape index (κ3) is 2.87. The molecular weight excluding hydrogens is 518 g/mol. The summed E-state index contributed by atoms with van der Waals surface area (Å²) in [4.78, 5) is 12.5. The minimum Gasteiger partial charge on any atom is -0.427 e. The number of hydrogen-bond donors (Lipinski definition) is 1. The lowest BCUT2D eigenvalue weighted by Gasteiger charge is -2.38. The van der Waals surface area contributed by atoms with E-state index < -0.39 is 27.8 Å². The lowest BCUT2D eigenvalue weighted by Crippen LogP contribution is -2.53. The number of aliphatic hydroxyl groups is 1. The van der Waals surface area contributed by atoms with Gasteiger partial charge in [-0.05, 0) is 45.8 Å². The number of esters is 1. The highest BCUT2D eigenvalue weighted by Crippen LogP contribution is 2.58. The molecule has 0 bridgehead atoms. The topological polar surface area (TPSA) is 83.9 Å². The molecule has 0 saturated heterocycles. The highest BCUT2D eigenvalue weighted by Gasteiger charge is 2.64. The quantitative estimate of drug-likeness (QED) is 0.495. The van der Waals surface area contributed by atoms with Gasteiger partial charge < -0.3 is 9.84 Å². The third-order valence-corrected chi connectivity index (χ3v) is 8.68. The number of carbonyl (C=O) groups excluding carboxylic acids is 1. The largest absolute Gasteiger partial charge is 0.427 e. The van der Waals surface area contributed by atoms with Crippen LogP contribution >= 0.6 is 27.5 Å². The second-order valence-electron chi connectivity index (χ2n) is 7.32. The summed E-state index contributed by atoms with van der Waals surface area (Å²) in [6.07, 6.45) is -0.345. The fourth-order valence-corrected chi connectivity index (χ4v) is 7.18. The summed E-state index contributed by atoms with van der Waals surface area (Å²) in [7, 11) is -4.34. The number of fused-ring (bicyclic) bond motifs is 1. The van der Waals surface area contributed by atoms with E-state index in [0.29, 0.717) is 10.0 Å². The molecule has 0 radical (unpaired) electrons. The highest BCUT2D eigenvalue weighted by atomic mass is 79.9. The molecule has 162 valence electrons. The summed E-state index contributed by atoms with van der Waals surface area (Å²) >= 11 is 9.70. The third-order valence-electron chi connectivity index (χ3n) is 5.54. The van der Waals surface area contributed by atoms with Crippen molar-refractivity contribution < 1.29 is 23.1 Å². The normalized spacial score (nSPS) is 22.1. The molecule has 1 spiro atoms. The van der Waals surface area contributed by atoms with Crippen molar-refractivity contribution in [1.29, 1.82) is 0 Å². The van der Waals surface area contributed by atoms with E-state index in [1.165, 1.54) is 18.2 Å². The molecule has 6 nitrogen and oxygen atoms in total. The van der Waals surface area contributed by atoms with Crippen molar-refractivity contribution in [2.45, 2.75) is 16.7 Å². The minimum absolute atomic E-state index is 0.0465. The lowest BCUT2D eigenvalue weighted by molar-refractivity contribution is -0.151. The van der Waals surface area contributed by atoms with Crippen LogP contribution in [0, 0.1) is 0 Å². The average Bonchev–Trinajstić information content (AvgIpc) is 3.24. The van der Waals surface area contributed by atoms with Crippen LogP contribution in [0.5, 0.6) is 0 Å². The first-order chi connectivity index (χ1) is 15.3. The van der Waals surface area contributed by atoms with Crippen LogP contribution in [-0.4, -0.2) is 25.2 Å². The molecule has 3 aromatic carbocycles. The van der Waals surface area contributed by atoms with Gasteiger partial charge in [-0.1, -0.05) is 60.1 Å². The maximum absolute atomic E-state index is 14.0. The molecule has 3 aromatic rings. The first-order valence-electron chi connectivity index (χ1n) is 9.55. The fourth-order valence-electron chi connectivity index (χ4n) is 4.24. The van der Waals surface area contributed by atoms with Gasteiger partial charge in [0.2, 0.25) is 0 Å². The van der Waals surface area contributed by atoms with Crippen molar-refractivity contribution in [2.75, 3.05) is 4.31 Å². The number of nitrogens with zero attached hydrogens (tertiary/aromatic N) is 1. The zero-order valence-electron chi connectivity index (χ0n) is 16.3. The Labute approximate surface area is 197 Å². The van der Waals surface area contributed by atoms with Gasteiger partial charge in [-0.25, -0.2) is 17.5 Å². The minimum atomic E-state index is -4.34. The van der Waals surface area contributed by atoms with Gasteiger partial charge in [-0.2, -0.15) is 0 Å². The standard InChI is InChI=1S/C23H15BrClNO5S/c24-16-9-4-5-12-19(16)32(29,30)26-18-11-6-10-17(25)21(18)22(28)23(26)15(13-20(27)31-23)14-7-2-1-3-8-14/h1-13,22,28H/t22-,23-/m0/s1. The number of anilines is 1. The molecule has 0 unspecified atom stereocenters. The number of benzene rings is 3. The van der Waals surface area contributed by atoms with E-state index in [9.17, 15) is 18.3 Å². The molecule has 2 aliphatic heterocycles. The Morgan fingerprint density at radius 1 is 1.00 bits per heavy atom. The van der Waals surface area contributed by atoms with E-state index >= 15 is 0 Å². The van der Waals surface area contributed by atoms with Crippen molar-refractivity contribution in [3.05, 3.63) is 99.5 Å². The van der Waals surface area contributed by atoms with Gasteiger partial charge in [0.05, 0.1) is 5.69 Å². The van der Waals surface area contributed by atoms with Crippen LogP contribution in [0.2, 0.25) is 5.02 Å². The van der Waals surface area contributed by atoms with E-state index in [1.54, 1.807) is 60.7 Å². The highest BCUT2D eigenvalue weighted by molar-refractivity contribution is 9.10. The van der Waals surface area contributed by atoms with Crippen LogP contribution in [-0.2, 0) is 19.6 Å². The molecule has 2 heterocycles. The van der Waals surface area contributed by atoms with Gasteiger partial charge in [0, 0.05) is 26.7 Å². The Kier molecular flexibility index (Phi) is 4.94. The van der Waals surface area contributed by atoms with Crippen LogP contribution in [0.4, 0.5) is 5.69 Å². The van der Waals surface area contributed by atoms with Crippen molar-refractivity contribution in [2.24, 2.45) is 0 Å². The Bertz CT molecular complexity index is 1390. The van der Waals surface area contributed by atoms with Crippen molar-refractivity contribution in [1.82, 2.24) is 0 Å². The molecule has 1 N–H and O–H groups in total. The van der Waals surface area contributed by atoms with Gasteiger partial charge >= 0.3 is 5.97 Å². The van der Waals surface area contributed by atoms with Crippen LogP contribution in [0.1, 0.15) is 17.2 Å². The number of aliphatic hydroxyl groups excluding tert-OH is 1. The van der Waals surface area contributed by atoms with E-state index in [-0.39, 0.29) is 26.7 Å². The average molecular weight is 533 g/mol. The van der Waals surface area contributed by atoms with Crippen molar-refractivity contribution in [3.8, 4) is 0 Å². The number of carbonyl (C=O) groups is 1. The molecule has 5 rings (SSSR count). The van der Waals surface area contributed by atoms with Gasteiger partial charge in [-0.15, -0.1) is 0 Å². The molecule has 0 amide bonds. The van der Waals surface area contributed by atoms with E-state index in [2.05, 4.69) is 15.9 Å². The van der Waals surface area contributed by atoms with Crippen LogP contribution < -0.4 is 4.31 Å². The second kappa shape index (κ2) is 7.45. The molecular formula is C23H15BrClNO5S. The van der Waals surface area contributed by atoms with E-state index in [4.69, 9.17) is 16.3 Å². The number of ether oxygens (including phenoxy) is 1. The fraction of sp³-hybridized carbons (Fsp3) is 0.0870. The van der Waals surface area contributed by atoms with Crippen molar-refractivity contribution >= 4 is 54.8 Å². The molecule has 0 aromatic heterocycles. The first-order valence-corrected chi connectivity index (χ1v) is 12.2. The number of hydrogen-bond acceptors (Lipinski definition) is 5. The number of sulfonamides is 1. The maximum Gasteiger partial charge on any atom is 0.333 e. The van der Waals surface area contributed by atoms with Gasteiger partial charge in [0.25, 0.3) is 15.7 Å². The summed E-state index contributed by atoms with van der Waals surface area (Å²) in [5.41, 5.74) is -0.995. The SMILES string of the molecule is O=C1C=C(c2ccccc2)[C@]2(O1)[C@@H](O)c1c(Cl)cccc1N2S(=O)(=O)c1ccccc1Br. The summed E-state index contributed by atoms with van der Waals surface area (Å²) in [6.45, 7) is 0. The summed E-state index contributed by atoms with van der Waals surface area (Å²) in [5.74, 6) is -0.765. The molecule has 0 fully saturated rings. The maximum atomic E-state index is 14.0. The van der Waals surface area contributed by atoms with E-state index in [1.807, 2.05) is 0 Å². The number of rotatable bonds is 3. The lowest BCUT2D eigenvalue weighted by atomic mass is 9.91. The number of halogens is 2. The van der Waals surface area contributed by atoms with Crippen LogP contribution in [0.15, 0.2) is 88.2 Å². The Hall–Kier alpha value is -2.65. The van der Waals surface area contributed by atoms with Gasteiger partial charge in [-0.3, -0.25) is 0 Å². The molecule has 0 saturated carbocycles. The Morgan fingerprint density at radius 3 is 2.41 bits per heavy atom. The Balaban J connectivity index is 1.85. The molecule has 32 heavy (non-hydrogen) atoms. The zero-order valence-corrected chi connectivity index (χ0v) is 19.4. The van der Waals surface area contributed by atoms with Crippen molar-refractivity contribution in [3.63, 3.8) is 0 Å². The molecule has 0 aliphatic carbocycles. The molecule has 9 heteroatoms. The smallest absolute Gasteiger partial charge is 0.333 e. The first kappa shape index (κ1) is 21.2. The van der Waals surface area contributed by atoms with Crippen LogP contribution in [0.3, 0.4) is 0 Å². The van der Waals surface area contributed by atoms with E-state index in [0.717, 1.165) is 4.31 Å². The zero-order chi connectivity index (χ0) is 22.7. The van der Waals surface area contributed by atoms with Gasteiger partial charge in [0.15, 0.2) is 0 Å². The predicted molar refractivity (Wildman–Crippen MR) is 123 cm³/mol. The summed E-state index contributed by atoms with van der Waals surface area (Å²) in [6, 6.07) is 19.7. The summed E-state index contributed by atoms with van der Waals surface area (Å²) < 4.78 is 35.1. The molecule has 2 atom stereocenters. The molecule has 2 aliphatic rings. The van der Waals surface area contributed by atoms with Crippen LogP contribution in [0.25, 0.3) is 5.57 Å². The van der Waals surface area contributed by atoms with Gasteiger partial charge in [0.1, 0.15) is 11.0 Å². The monoisotopic (exact) mass is 531 g/mol. The predicted octanol–water partition coefficient (Wildman–Crippen LogP) is 4.68. The Morgan fingerprint density at radius 2 is 1.69 bits per heavy atom.